The fraction of sp³-hybridized carbons (Fsp3) is 0.889. The Morgan fingerprint density at radius 2 is 2.00 bits per heavy atom. The van der Waals surface area contributed by atoms with Crippen LogP contribution in [0, 0.1) is 5.92 Å². The van der Waals surface area contributed by atoms with Crippen LogP contribution in [0.4, 0.5) is 0 Å². The summed E-state index contributed by atoms with van der Waals surface area (Å²) < 4.78 is 10.1. The van der Waals surface area contributed by atoms with E-state index in [1.165, 1.54) is 7.11 Å². The molecule has 0 aromatic heterocycles. The van der Waals surface area contributed by atoms with E-state index in [1.54, 1.807) is 0 Å². The van der Waals surface area contributed by atoms with Crippen LogP contribution in [0.15, 0.2) is 0 Å². The number of fused-ring (bicyclic) bond motifs is 2. The summed E-state index contributed by atoms with van der Waals surface area (Å²) in [5.74, 6) is 0.00329. The van der Waals surface area contributed by atoms with Gasteiger partial charge in [-0.15, -0.1) is 0 Å². The molecule has 0 aliphatic carbocycles. The first-order valence-corrected chi connectivity index (χ1v) is 4.71. The van der Waals surface area contributed by atoms with Gasteiger partial charge in [0.05, 0.1) is 26.2 Å². The maximum atomic E-state index is 11.3. The lowest BCUT2D eigenvalue weighted by molar-refractivity contribution is -0.148. The van der Waals surface area contributed by atoms with E-state index in [0.717, 1.165) is 26.1 Å². The van der Waals surface area contributed by atoms with Crippen LogP contribution in [0.2, 0.25) is 0 Å². The molecule has 0 spiro atoms. The number of nitrogens with one attached hydrogen (secondary N) is 1. The molecule has 4 heteroatoms. The van der Waals surface area contributed by atoms with E-state index in [1.807, 2.05) is 0 Å². The number of hydrogen-bond acceptors (Lipinski definition) is 4. The third kappa shape index (κ3) is 1.84. The number of methoxy groups -OCH3 is 1. The fourth-order valence-corrected chi connectivity index (χ4v) is 2.20. The zero-order chi connectivity index (χ0) is 9.26. The molecule has 0 aromatic carbocycles. The third-order valence-corrected chi connectivity index (χ3v) is 2.78. The van der Waals surface area contributed by atoms with E-state index in [-0.39, 0.29) is 11.9 Å². The number of esters is 1. The van der Waals surface area contributed by atoms with Crippen LogP contribution in [-0.2, 0) is 14.3 Å². The highest BCUT2D eigenvalue weighted by Crippen LogP contribution is 2.24. The summed E-state index contributed by atoms with van der Waals surface area (Å²) in [7, 11) is 1.46. The quantitative estimate of drug-likeness (QED) is 0.581. The van der Waals surface area contributed by atoms with Gasteiger partial charge in [-0.05, 0) is 12.8 Å². The van der Waals surface area contributed by atoms with Gasteiger partial charge in [0.15, 0.2) is 0 Å². The standard InChI is InChI=1S/C9H15NO3/c1-12-9(11)6-2-7-4-13-5-8(3-6)10-7/h6-8,10H,2-5H2,1H3/t6?,7-,8+. The second-order valence-electron chi connectivity index (χ2n) is 3.79. The van der Waals surface area contributed by atoms with Crippen LogP contribution in [0.25, 0.3) is 0 Å². The molecule has 1 N–H and O–H groups in total. The second-order valence-corrected chi connectivity index (χ2v) is 3.79. The summed E-state index contributed by atoms with van der Waals surface area (Å²) in [6.07, 6.45) is 1.70. The summed E-state index contributed by atoms with van der Waals surface area (Å²) in [4.78, 5) is 11.3. The van der Waals surface area contributed by atoms with Crippen molar-refractivity contribution in [2.24, 2.45) is 5.92 Å². The summed E-state index contributed by atoms with van der Waals surface area (Å²) in [5.41, 5.74) is 0. The lowest BCUT2D eigenvalue weighted by Crippen LogP contribution is -2.55. The van der Waals surface area contributed by atoms with Gasteiger partial charge in [0.1, 0.15) is 0 Å². The predicted molar refractivity (Wildman–Crippen MR) is 46.3 cm³/mol. The highest BCUT2D eigenvalue weighted by Gasteiger charge is 2.35. The Bertz CT molecular complexity index is 195. The van der Waals surface area contributed by atoms with Crippen LogP contribution in [0.5, 0.6) is 0 Å². The normalized spacial score (nSPS) is 38.4. The van der Waals surface area contributed by atoms with E-state index in [4.69, 9.17) is 9.47 Å². The van der Waals surface area contributed by atoms with Gasteiger partial charge >= 0.3 is 5.97 Å². The fourth-order valence-electron chi connectivity index (χ4n) is 2.20. The van der Waals surface area contributed by atoms with Gasteiger partial charge in [-0.2, -0.15) is 0 Å². The Balaban J connectivity index is 1.97. The monoisotopic (exact) mass is 185 g/mol. The van der Waals surface area contributed by atoms with Crippen molar-refractivity contribution >= 4 is 5.97 Å². The van der Waals surface area contributed by atoms with Crippen molar-refractivity contribution in [3.63, 3.8) is 0 Å². The minimum Gasteiger partial charge on any atom is -0.469 e. The van der Waals surface area contributed by atoms with Crippen molar-refractivity contribution in [2.45, 2.75) is 24.9 Å². The molecule has 2 aliphatic heterocycles. The highest BCUT2D eigenvalue weighted by molar-refractivity contribution is 5.72. The van der Waals surface area contributed by atoms with Gasteiger partial charge in [0.2, 0.25) is 0 Å². The minimum absolute atomic E-state index is 0.0709. The van der Waals surface area contributed by atoms with Crippen LogP contribution < -0.4 is 5.32 Å². The molecule has 2 aliphatic rings. The maximum Gasteiger partial charge on any atom is 0.308 e. The second kappa shape index (κ2) is 3.64. The van der Waals surface area contributed by atoms with Crippen molar-refractivity contribution in [3.8, 4) is 0 Å². The zero-order valence-electron chi connectivity index (χ0n) is 7.79. The minimum atomic E-state index is -0.0709. The highest BCUT2D eigenvalue weighted by atomic mass is 16.5. The molecule has 0 saturated carbocycles. The molecular formula is C9H15NO3. The average molecular weight is 185 g/mol. The Hall–Kier alpha value is -0.610. The Labute approximate surface area is 77.6 Å². The van der Waals surface area contributed by atoms with Gasteiger partial charge in [-0.25, -0.2) is 0 Å². The van der Waals surface area contributed by atoms with Crippen molar-refractivity contribution in [3.05, 3.63) is 0 Å². The molecule has 4 nitrogen and oxygen atoms in total. The topological polar surface area (TPSA) is 47.6 Å². The number of piperidine rings is 1. The number of rotatable bonds is 1. The lowest BCUT2D eigenvalue weighted by atomic mass is 9.87. The first-order chi connectivity index (χ1) is 6.29. The van der Waals surface area contributed by atoms with Crippen molar-refractivity contribution in [2.75, 3.05) is 20.3 Å². The molecule has 13 heavy (non-hydrogen) atoms. The smallest absolute Gasteiger partial charge is 0.308 e. The number of morpholine rings is 1. The molecular weight excluding hydrogens is 170 g/mol. The van der Waals surface area contributed by atoms with Crippen molar-refractivity contribution in [1.29, 1.82) is 0 Å². The van der Waals surface area contributed by atoms with Crippen LogP contribution in [0.3, 0.4) is 0 Å². The summed E-state index contributed by atoms with van der Waals surface area (Å²) in [6.45, 7) is 1.45. The van der Waals surface area contributed by atoms with Gasteiger partial charge in [-0.3, -0.25) is 4.79 Å². The number of carbonyl (C=O) groups excluding carboxylic acids is 1. The predicted octanol–water partition coefficient (Wildman–Crippen LogP) is -0.0736. The first-order valence-electron chi connectivity index (χ1n) is 4.71. The van der Waals surface area contributed by atoms with E-state index in [9.17, 15) is 4.79 Å². The number of hydrogen-bond donors (Lipinski definition) is 1. The number of ether oxygens (including phenoxy) is 2. The zero-order valence-corrected chi connectivity index (χ0v) is 7.79. The molecule has 2 fully saturated rings. The molecule has 2 saturated heterocycles. The van der Waals surface area contributed by atoms with Gasteiger partial charge in [-0.1, -0.05) is 0 Å². The van der Waals surface area contributed by atoms with Crippen molar-refractivity contribution in [1.82, 2.24) is 5.32 Å². The molecule has 1 unspecified atom stereocenters. The molecule has 74 valence electrons. The lowest BCUT2D eigenvalue weighted by Gasteiger charge is -2.38. The van der Waals surface area contributed by atoms with Crippen molar-refractivity contribution < 1.29 is 14.3 Å². The molecule has 2 bridgehead atoms. The molecule has 0 amide bonds. The first kappa shape index (κ1) is 8.97. The third-order valence-electron chi connectivity index (χ3n) is 2.78. The maximum absolute atomic E-state index is 11.3. The molecule has 2 heterocycles. The van der Waals surface area contributed by atoms with Gasteiger partial charge in [0, 0.05) is 12.1 Å². The van der Waals surface area contributed by atoms with Gasteiger partial charge in [0.25, 0.3) is 0 Å². The van der Waals surface area contributed by atoms with E-state index >= 15 is 0 Å². The molecule has 3 atom stereocenters. The SMILES string of the molecule is COC(=O)C1C[C@H]2COC[C@@H](C1)N2. The summed E-state index contributed by atoms with van der Waals surface area (Å²) in [5, 5.41) is 3.43. The summed E-state index contributed by atoms with van der Waals surface area (Å²) >= 11 is 0. The Morgan fingerprint density at radius 3 is 2.54 bits per heavy atom. The number of carbonyl (C=O) groups is 1. The van der Waals surface area contributed by atoms with E-state index in [0.29, 0.717) is 12.1 Å². The van der Waals surface area contributed by atoms with E-state index in [2.05, 4.69) is 5.32 Å². The molecule has 0 radical (unpaired) electrons. The molecule has 2 rings (SSSR count). The Morgan fingerprint density at radius 1 is 1.38 bits per heavy atom. The van der Waals surface area contributed by atoms with E-state index < -0.39 is 0 Å². The van der Waals surface area contributed by atoms with Gasteiger partial charge < -0.3 is 14.8 Å². The van der Waals surface area contributed by atoms with Crippen LogP contribution in [0.1, 0.15) is 12.8 Å². The Kier molecular flexibility index (Phi) is 2.51. The molecule has 0 aromatic rings. The largest absolute Gasteiger partial charge is 0.469 e. The average Bonchev–Trinajstić information content (AvgIpc) is 2.16. The summed E-state index contributed by atoms with van der Waals surface area (Å²) in [6, 6.07) is 0.688. The van der Waals surface area contributed by atoms with Crippen LogP contribution in [-0.4, -0.2) is 38.4 Å². The van der Waals surface area contributed by atoms with Crippen LogP contribution >= 0.6 is 0 Å².